The van der Waals surface area contributed by atoms with E-state index in [1.807, 2.05) is 30.3 Å². The predicted octanol–water partition coefficient (Wildman–Crippen LogP) is 1.75. The Morgan fingerprint density at radius 2 is 2.12 bits per heavy atom. The Bertz CT molecular complexity index is 763. The van der Waals surface area contributed by atoms with Gasteiger partial charge in [0.25, 0.3) is 0 Å². The van der Waals surface area contributed by atoms with Crippen LogP contribution in [0.25, 0.3) is 0 Å². The number of pyridine rings is 1. The number of aliphatic hydroxyl groups is 1. The van der Waals surface area contributed by atoms with Gasteiger partial charge in [0.1, 0.15) is 6.04 Å². The molecule has 0 unspecified atom stereocenters. The Morgan fingerprint density at radius 1 is 1.36 bits per heavy atom. The quantitative estimate of drug-likeness (QED) is 0.658. The van der Waals surface area contributed by atoms with Crippen molar-refractivity contribution >= 4 is 0 Å². The van der Waals surface area contributed by atoms with Gasteiger partial charge in [-0.3, -0.25) is 20.0 Å². The second-order valence-electron chi connectivity index (χ2n) is 6.04. The summed E-state index contributed by atoms with van der Waals surface area (Å²) in [5.74, 6) is -0.591. The van der Waals surface area contributed by atoms with E-state index in [-0.39, 0.29) is 18.1 Å². The van der Waals surface area contributed by atoms with Crippen LogP contribution >= 0.6 is 0 Å². The van der Waals surface area contributed by atoms with Crippen molar-refractivity contribution in [3.05, 3.63) is 76.1 Å². The normalized spacial score (nSPS) is 24.6. The molecule has 0 aliphatic carbocycles. The molecule has 0 spiro atoms. The van der Waals surface area contributed by atoms with Gasteiger partial charge < -0.3 is 5.11 Å². The zero-order valence-corrected chi connectivity index (χ0v) is 13.5. The minimum absolute atomic E-state index is 0.102. The first-order valence-corrected chi connectivity index (χ1v) is 8.02. The fourth-order valence-corrected chi connectivity index (χ4v) is 3.59. The number of hydrogen-bond donors (Lipinski definition) is 1. The van der Waals surface area contributed by atoms with Crippen molar-refractivity contribution in [2.45, 2.75) is 24.0 Å². The van der Waals surface area contributed by atoms with E-state index >= 15 is 0 Å². The first-order valence-electron chi connectivity index (χ1n) is 8.02. The monoisotopic (exact) mass is 338 g/mol. The summed E-state index contributed by atoms with van der Waals surface area (Å²) in [5, 5.41) is 31.3. The Balaban J connectivity index is 2.01. The van der Waals surface area contributed by atoms with Crippen LogP contribution in [0.3, 0.4) is 0 Å². The summed E-state index contributed by atoms with van der Waals surface area (Å²) < 4.78 is 0. The number of likely N-dealkylation sites (tertiary alicyclic amines) is 1. The first-order chi connectivity index (χ1) is 12.2. The molecule has 128 valence electrons. The third-order valence-electron chi connectivity index (χ3n) is 4.74. The number of hydrogen-bond acceptors (Lipinski definition) is 6. The van der Waals surface area contributed by atoms with Crippen molar-refractivity contribution in [1.29, 1.82) is 5.26 Å². The highest BCUT2D eigenvalue weighted by Gasteiger charge is 2.51. The molecule has 1 fully saturated rings. The van der Waals surface area contributed by atoms with Crippen molar-refractivity contribution in [1.82, 2.24) is 9.88 Å². The largest absolute Gasteiger partial charge is 0.394 e. The number of nitro groups is 1. The van der Waals surface area contributed by atoms with Gasteiger partial charge in [-0.25, -0.2) is 0 Å². The third-order valence-corrected chi connectivity index (χ3v) is 4.74. The van der Waals surface area contributed by atoms with Gasteiger partial charge in [0.15, 0.2) is 0 Å². The van der Waals surface area contributed by atoms with Gasteiger partial charge in [-0.15, -0.1) is 0 Å². The molecule has 0 saturated carbocycles. The van der Waals surface area contributed by atoms with Crippen LogP contribution in [0.2, 0.25) is 0 Å². The van der Waals surface area contributed by atoms with E-state index < -0.39 is 24.0 Å². The summed E-state index contributed by atoms with van der Waals surface area (Å²) in [6, 6.07) is 12.9. The molecule has 1 aromatic heterocycles. The maximum Gasteiger partial charge on any atom is 0.235 e. The maximum atomic E-state index is 11.6. The van der Waals surface area contributed by atoms with Crippen molar-refractivity contribution in [3.63, 3.8) is 0 Å². The van der Waals surface area contributed by atoms with Gasteiger partial charge in [0.05, 0.1) is 31.2 Å². The van der Waals surface area contributed by atoms with Gasteiger partial charge in [0.2, 0.25) is 6.04 Å². The molecular weight excluding hydrogens is 320 g/mol. The molecule has 1 N–H and O–H groups in total. The number of aromatic nitrogens is 1. The van der Waals surface area contributed by atoms with Crippen molar-refractivity contribution in [3.8, 4) is 6.07 Å². The number of aliphatic hydroxyl groups excluding tert-OH is 1. The van der Waals surface area contributed by atoms with Crippen LogP contribution in [0, 0.1) is 21.4 Å². The SMILES string of the molecule is N#C[C@@H]1[C@H](c2cccnc2)[C@@H]([N+](=O)[O-])CN1[C@@H](CO)c1ccccc1. The van der Waals surface area contributed by atoms with E-state index in [1.165, 1.54) is 0 Å². The zero-order chi connectivity index (χ0) is 17.8. The highest BCUT2D eigenvalue weighted by molar-refractivity contribution is 5.28. The molecule has 0 amide bonds. The van der Waals surface area contributed by atoms with Gasteiger partial charge in [-0.2, -0.15) is 5.26 Å². The third kappa shape index (κ3) is 3.22. The fourth-order valence-electron chi connectivity index (χ4n) is 3.59. The molecule has 7 heteroatoms. The van der Waals surface area contributed by atoms with Gasteiger partial charge in [-0.1, -0.05) is 36.4 Å². The zero-order valence-electron chi connectivity index (χ0n) is 13.5. The van der Waals surface area contributed by atoms with Crippen molar-refractivity contribution in [2.24, 2.45) is 0 Å². The average Bonchev–Trinajstić information content (AvgIpc) is 3.03. The Kier molecular flexibility index (Phi) is 5.03. The standard InChI is InChI=1S/C18H18N4O3/c19-9-15-18(14-7-4-8-20-10-14)16(22(24)25)11-21(15)17(12-23)13-5-2-1-3-6-13/h1-8,10,15-18,23H,11-12H2/t15-,16+,17+,18+/m1/s1. The summed E-state index contributed by atoms with van der Waals surface area (Å²) >= 11 is 0. The van der Waals surface area contributed by atoms with Crippen LogP contribution in [0.15, 0.2) is 54.9 Å². The second kappa shape index (κ2) is 7.38. The van der Waals surface area contributed by atoms with Crippen LogP contribution < -0.4 is 0 Å². The molecule has 2 heterocycles. The topological polar surface area (TPSA) is 103 Å². The molecular formula is C18H18N4O3. The lowest BCUT2D eigenvalue weighted by Gasteiger charge is -2.29. The fraction of sp³-hybridized carbons (Fsp3) is 0.333. The molecule has 1 aromatic carbocycles. The molecule has 0 bridgehead atoms. The van der Waals surface area contributed by atoms with Gasteiger partial charge in [0, 0.05) is 17.3 Å². The van der Waals surface area contributed by atoms with Gasteiger partial charge >= 0.3 is 0 Å². The summed E-state index contributed by atoms with van der Waals surface area (Å²) in [4.78, 5) is 17.1. The lowest BCUT2D eigenvalue weighted by atomic mass is 9.90. The van der Waals surface area contributed by atoms with Crippen LogP contribution in [0.5, 0.6) is 0 Å². The Hall–Kier alpha value is -2.82. The average molecular weight is 338 g/mol. The van der Waals surface area contributed by atoms with E-state index in [2.05, 4.69) is 11.1 Å². The molecule has 1 saturated heterocycles. The predicted molar refractivity (Wildman–Crippen MR) is 90.1 cm³/mol. The van der Waals surface area contributed by atoms with E-state index in [9.17, 15) is 20.5 Å². The van der Waals surface area contributed by atoms with E-state index in [0.717, 1.165) is 5.56 Å². The number of rotatable bonds is 5. The van der Waals surface area contributed by atoms with Crippen molar-refractivity contribution < 1.29 is 10.0 Å². The second-order valence-corrected chi connectivity index (χ2v) is 6.04. The van der Waals surface area contributed by atoms with Crippen molar-refractivity contribution in [2.75, 3.05) is 13.2 Å². The summed E-state index contributed by atoms with van der Waals surface area (Å²) in [5.41, 5.74) is 1.50. The minimum Gasteiger partial charge on any atom is -0.394 e. The van der Waals surface area contributed by atoms with Gasteiger partial charge in [-0.05, 0) is 17.2 Å². The van der Waals surface area contributed by atoms with Crippen LogP contribution in [-0.4, -0.2) is 45.1 Å². The molecule has 1 aliphatic heterocycles. The number of benzene rings is 1. The first kappa shape index (κ1) is 17.0. The number of nitriles is 1. The highest BCUT2D eigenvalue weighted by Crippen LogP contribution is 2.39. The lowest BCUT2D eigenvalue weighted by molar-refractivity contribution is -0.521. The van der Waals surface area contributed by atoms with E-state index in [4.69, 9.17) is 0 Å². The summed E-state index contributed by atoms with van der Waals surface area (Å²) in [6.07, 6.45) is 3.17. The van der Waals surface area contributed by atoms with Crippen LogP contribution in [0.4, 0.5) is 0 Å². The molecule has 0 radical (unpaired) electrons. The Labute approximate surface area is 145 Å². The Morgan fingerprint density at radius 3 is 2.68 bits per heavy atom. The molecule has 2 aromatic rings. The van der Waals surface area contributed by atoms with Crippen LogP contribution in [-0.2, 0) is 0 Å². The summed E-state index contributed by atoms with van der Waals surface area (Å²) in [6.45, 7) is -0.114. The molecule has 1 aliphatic rings. The molecule has 25 heavy (non-hydrogen) atoms. The number of nitrogens with zero attached hydrogens (tertiary/aromatic N) is 4. The van der Waals surface area contributed by atoms with Crippen LogP contribution in [0.1, 0.15) is 23.1 Å². The molecule has 3 rings (SSSR count). The van der Waals surface area contributed by atoms with E-state index in [0.29, 0.717) is 5.56 Å². The highest BCUT2D eigenvalue weighted by atomic mass is 16.6. The molecule has 4 atom stereocenters. The molecule has 7 nitrogen and oxygen atoms in total. The smallest absolute Gasteiger partial charge is 0.235 e. The lowest BCUT2D eigenvalue weighted by Crippen LogP contribution is -2.36. The summed E-state index contributed by atoms with van der Waals surface area (Å²) in [7, 11) is 0. The minimum atomic E-state index is -0.924. The maximum absolute atomic E-state index is 11.6. The van der Waals surface area contributed by atoms with E-state index in [1.54, 1.807) is 29.4 Å².